The molecule has 0 aliphatic carbocycles. The third-order valence-corrected chi connectivity index (χ3v) is 2.53. The minimum absolute atomic E-state index is 1.07. The van der Waals surface area contributed by atoms with Gasteiger partial charge in [0.1, 0.15) is 0 Å². The van der Waals surface area contributed by atoms with Crippen molar-refractivity contribution >= 4 is 27.7 Å². The van der Waals surface area contributed by atoms with Crippen LogP contribution in [0, 0.1) is 6.92 Å². The second-order valence-corrected chi connectivity index (χ2v) is 3.46. The Balaban J connectivity index is 3.38. The van der Waals surface area contributed by atoms with E-state index in [-0.39, 0.29) is 0 Å². The molecule has 1 nitrogen and oxygen atoms in total. The minimum Gasteiger partial charge on any atom is -0.387 e. The molecule has 0 unspecified atom stereocenters. The lowest BCUT2D eigenvalue weighted by atomic mass is 10.1. The first kappa shape index (κ1) is 9.33. The Bertz CT molecular complexity index is 305. The lowest BCUT2D eigenvalue weighted by Gasteiger charge is -2.10. The maximum Gasteiger partial charge on any atom is 0.0558 e. The quantitative estimate of drug-likeness (QED) is 0.814. The average Bonchev–Trinajstić information content (AvgIpc) is 2.08. The van der Waals surface area contributed by atoms with Gasteiger partial charge >= 0.3 is 0 Å². The highest BCUT2D eigenvalue weighted by molar-refractivity contribution is 9.10. The highest BCUT2D eigenvalue weighted by Gasteiger charge is 2.04. The summed E-state index contributed by atoms with van der Waals surface area (Å²) in [7, 11) is 1.91. The number of anilines is 1. The standard InChI is InChI=1S/C10H12BrN/c1-4-8-7(2)5-6-9(11)10(8)12-3/h4-6,12H,1H2,2-3H3. The van der Waals surface area contributed by atoms with E-state index in [1.807, 2.05) is 19.2 Å². The molecule has 1 aromatic carbocycles. The summed E-state index contributed by atoms with van der Waals surface area (Å²) in [6.45, 7) is 5.85. The van der Waals surface area contributed by atoms with Gasteiger partial charge in [0.25, 0.3) is 0 Å². The van der Waals surface area contributed by atoms with Crippen LogP contribution < -0.4 is 5.32 Å². The monoisotopic (exact) mass is 225 g/mol. The largest absolute Gasteiger partial charge is 0.387 e. The summed E-state index contributed by atoms with van der Waals surface area (Å²) in [5, 5.41) is 3.14. The summed E-state index contributed by atoms with van der Waals surface area (Å²) in [4.78, 5) is 0. The van der Waals surface area contributed by atoms with Crippen molar-refractivity contribution in [1.29, 1.82) is 0 Å². The predicted molar refractivity (Wildman–Crippen MR) is 58.5 cm³/mol. The molecule has 0 saturated heterocycles. The Hall–Kier alpha value is -0.760. The van der Waals surface area contributed by atoms with E-state index in [2.05, 4.69) is 40.8 Å². The van der Waals surface area contributed by atoms with E-state index in [1.165, 1.54) is 5.56 Å². The van der Waals surface area contributed by atoms with Crippen LogP contribution in [0.4, 0.5) is 5.69 Å². The van der Waals surface area contributed by atoms with Gasteiger partial charge in [-0.2, -0.15) is 0 Å². The first-order valence-corrected chi connectivity index (χ1v) is 4.59. The van der Waals surface area contributed by atoms with Crippen molar-refractivity contribution in [3.63, 3.8) is 0 Å². The van der Waals surface area contributed by atoms with Gasteiger partial charge in [-0.3, -0.25) is 0 Å². The van der Waals surface area contributed by atoms with Gasteiger partial charge in [-0.05, 0) is 34.5 Å². The summed E-state index contributed by atoms with van der Waals surface area (Å²) in [6, 6.07) is 4.11. The number of hydrogen-bond donors (Lipinski definition) is 1. The number of benzene rings is 1. The third-order valence-electron chi connectivity index (χ3n) is 1.87. The van der Waals surface area contributed by atoms with Gasteiger partial charge < -0.3 is 5.32 Å². The van der Waals surface area contributed by atoms with E-state index in [0.29, 0.717) is 0 Å². The van der Waals surface area contributed by atoms with Crippen LogP contribution in [0.25, 0.3) is 6.08 Å². The smallest absolute Gasteiger partial charge is 0.0558 e. The normalized spacial score (nSPS) is 9.58. The summed E-state index contributed by atoms with van der Waals surface area (Å²) in [5.74, 6) is 0. The molecule has 0 atom stereocenters. The Labute approximate surface area is 81.6 Å². The Morgan fingerprint density at radius 3 is 2.58 bits per heavy atom. The first-order valence-electron chi connectivity index (χ1n) is 3.80. The lowest BCUT2D eigenvalue weighted by molar-refractivity contribution is 1.39. The molecular formula is C10H12BrN. The second kappa shape index (κ2) is 3.76. The van der Waals surface area contributed by atoms with E-state index in [1.54, 1.807) is 0 Å². The van der Waals surface area contributed by atoms with Gasteiger partial charge in [0.15, 0.2) is 0 Å². The summed E-state index contributed by atoms with van der Waals surface area (Å²) in [5.41, 5.74) is 3.49. The predicted octanol–water partition coefficient (Wildman–Crippen LogP) is 3.44. The molecule has 0 heterocycles. The molecule has 0 aromatic heterocycles. The first-order chi connectivity index (χ1) is 5.70. The van der Waals surface area contributed by atoms with Gasteiger partial charge in [-0.15, -0.1) is 0 Å². The molecule has 64 valence electrons. The Morgan fingerprint density at radius 2 is 2.17 bits per heavy atom. The van der Waals surface area contributed by atoms with Crippen molar-refractivity contribution in [3.05, 3.63) is 34.3 Å². The van der Waals surface area contributed by atoms with Crippen LogP contribution in [0.15, 0.2) is 23.2 Å². The Kier molecular flexibility index (Phi) is 2.93. The maximum atomic E-state index is 3.78. The van der Waals surface area contributed by atoms with E-state index in [0.717, 1.165) is 15.7 Å². The van der Waals surface area contributed by atoms with E-state index >= 15 is 0 Å². The van der Waals surface area contributed by atoms with Gasteiger partial charge in [-0.1, -0.05) is 18.7 Å². The number of rotatable bonds is 2. The minimum atomic E-state index is 1.07. The highest BCUT2D eigenvalue weighted by Crippen LogP contribution is 2.29. The fourth-order valence-electron chi connectivity index (χ4n) is 1.21. The van der Waals surface area contributed by atoms with Crippen molar-refractivity contribution in [2.24, 2.45) is 0 Å². The van der Waals surface area contributed by atoms with E-state index in [9.17, 15) is 0 Å². The van der Waals surface area contributed by atoms with Crippen molar-refractivity contribution in [2.75, 3.05) is 12.4 Å². The number of nitrogens with one attached hydrogen (secondary N) is 1. The molecule has 0 amide bonds. The molecule has 0 bridgehead atoms. The van der Waals surface area contributed by atoms with Gasteiger partial charge in [-0.25, -0.2) is 0 Å². The molecule has 12 heavy (non-hydrogen) atoms. The molecule has 1 rings (SSSR count). The van der Waals surface area contributed by atoms with Crippen LogP contribution in [0.2, 0.25) is 0 Å². The highest BCUT2D eigenvalue weighted by atomic mass is 79.9. The van der Waals surface area contributed by atoms with Crippen LogP contribution in [-0.4, -0.2) is 7.05 Å². The molecule has 0 radical (unpaired) electrons. The molecule has 0 spiro atoms. The molecule has 0 aliphatic rings. The zero-order chi connectivity index (χ0) is 9.14. The second-order valence-electron chi connectivity index (χ2n) is 2.61. The molecule has 0 fully saturated rings. The molecule has 2 heteroatoms. The van der Waals surface area contributed by atoms with Gasteiger partial charge in [0.2, 0.25) is 0 Å². The van der Waals surface area contributed by atoms with Crippen LogP contribution in [0.3, 0.4) is 0 Å². The molecule has 0 saturated carbocycles. The third kappa shape index (κ3) is 1.53. The molecule has 0 aliphatic heterocycles. The summed E-state index contributed by atoms with van der Waals surface area (Å²) in [6.07, 6.45) is 1.87. The van der Waals surface area contributed by atoms with Crippen molar-refractivity contribution in [3.8, 4) is 0 Å². The van der Waals surface area contributed by atoms with Crippen molar-refractivity contribution < 1.29 is 0 Å². The van der Waals surface area contributed by atoms with Gasteiger partial charge in [0.05, 0.1) is 5.69 Å². The molecular weight excluding hydrogens is 214 g/mol. The maximum absolute atomic E-state index is 3.78. The van der Waals surface area contributed by atoms with Crippen LogP contribution in [-0.2, 0) is 0 Å². The van der Waals surface area contributed by atoms with Crippen LogP contribution >= 0.6 is 15.9 Å². The summed E-state index contributed by atoms with van der Waals surface area (Å²) < 4.78 is 1.07. The topological polar surface area (TPSA) is 12.0 Å². The van der Waals surface area contributed by atoms with Crippen molar-refractivity contribution in [1.82, 2.24) is 0 Å². The van der Waals surface area contributed by atoms with E-state index < -0.39 is 0 Å². The lowest BCUT2D eigenvalue weighted by Crippen LogP contribution is -1.94. The van der Waals surface area contributed by atoms with Gasteiger partial charge in [0, 0.05) is 17.1 Å². The number of aryl methyl sites for hydroxylation is 1. The zero-order valence-electron chi connectivity index (χ0n) is 7.32. The summed E-state index contributed by atoms with van der Waals surface area (Å²) >= 11 is 3.47. The Morgan fingerprint density at radius 1 is 1.50 bits per heavy atom. The number of halogens is 1. The number of hydrogen-bond acceptors (Lipinski definition) is 1. The van der Waals surface area contributed by atoms with Crippen LogP contribution in [0.5, 0.6) is 0 Å². The van der Waals surface area contributed by atoms with Crippen LogP contribution in [0.1, 0.15) is 11.1 Å². The molecule has 1 N–H and O–H groups in total. The fraction of sp³-hybridized carbons (Fsp3) is 0.200. The molecule has 1 aromatic rings. The SMILES string of the molecule is C=Cc1c(C)ccc(Br)c1NC. The zero-order valence-corrected chi connectivity index (χ0v) is 8.90. The average molecular weight is 226 g/mol. The van der Waals surface area contributed by atoms with E-state index in [4.69, 9.17) is 0 Å². The van der Waals surface area contributed by atoms with Crippen molar-refractivity contribution in [2.45, 2.75) is 6.92 Å². The fourth-order valence-corrected chi connectivity index (χ4v) is 1.76.